The molecule has 0 aromatic rings. The lowest BCUT2D eigenvalue weighted by Crippen LogP contribution is -2.48. The van der Waals surface area contributed by atoms with Gasteiger partial charge in [0.1, 0.15) is 0 Å². The van der Waals surface area contributed by atoms with Gasteiger partial charge in [0.25, 0.3) is 0 Å². The van der Waals surface area contributed by atoms with E-state index in [2.05, 4.69) is 27.7 Å². The third-order valence-corrected chi connectivity index (χ3v) is 6.75. The highest BCUT2D eigenvalue weighted by Gasteiger charge is 2.19. The average Bonchev–Trinajstić information content (AvgIpc) is 2.68. The van der Waals surface area contributed by atoms with Gasteiger partial charge in [-0.1, -0.05) is 103 Å². The Hall–Kier alpha value is -0.0400. The molecule has 0 spiro atoms. The highest BCUT2D eigenvalue weighted by atomic mass is 15.3. The van der Waals surface area contributed by atoms with Crippen molar-refractivity contribution in [1.82, 2.24) is 0 Å². The van der Waals surface area contributed by atoms with Crippen LogP contribution >= 0.6 is 0 Å². The minimum atomic E-state index is 1.31. The van der Waals surface area contributed by atoms with Crippen molar-refractivity contribution in [3.8, 4) is 0 Å². The van der Waals surface area contributed by atoms with Crippen molar-refractivity contribution in [3.05, 3.63) is 0 Å². The van der Waals surface area contributed by atoms with Crippen molar-refractivity contribution in [3.63, 3.8) is 0 Å². The van der Waals surface area contributed by atoms with Crippen molar-refractivity contribution in [2.24, 2.45) is 0 Å². The maximum absolute atomic E-state index is 2.36. The molecule has 0 heterocycles. The molecular formula is C25H54N+. The van der Waals surface area contributed by atoms with Gasteiger partial charge >= 0.3 is 0 Å². The van der Waals surface area contributed by atoms with Crippen LogP contribution in [0.2, 0.25) is 0 Å². The zero-order chi connectivity index (χ0) is 19.3. The Balaban J connectivity index is 3.20. The van der Waals surface area contributed by atoms with Crippen molar-refractivity contribution in [1.29, 1.82) is 0 Å². The third-order valence-electron chi connectivity index (χ3n) is 6.75. The van der Waals surface area contributed by atoms with Crippen LogP contribution in [0.1, 0.15) is 137 Å². The maximum atomic E-state index is 2.36. The molecule has 0 atom stereocenters. The van der Waals surface area contributed by atoms with Crippen LogP contribution in [0.25, 0.3) is 0 Å². The summed E-state index contributed by atoms with van der Waals surface area (Å²) in [5, 5.41) is 0. The van der Waals surface area contributed by atoms with E-state index in [1.165, 1.54) is 140 Å². The van der Waals surface area contributed by atoms with Crippen LogP contribution in [0.4, 0.5) is 0 Å². The number of rotatable bonds is 21. The topological polar surface area (TPSA) is 0 Å². The van der Waals surface area contributed by atoms with E-state index in [1.807, 2.05) is 0 Å². The summed E-state index contributed by atoms with van der Waals surface area (Å²) in [6.07, 6.45) is 24.9. The molecular weight excluding hydrogens is 314 g/mol. The zero-order valence-electron chi connectivity index (χ0n) is 19.3. The van der Waals surface area contributed by atoms with E-state index in [1.54, 1.807) is 0 Å². The molecule has 0 rings (SSSR count). The molecule has 26 heavy (non-hydrogen) atoms. The fourth-order valence-electron chi connectivity index (χ4n) is 4.32. The molecule has 0 unspecified atom stereocenters. The summed E-state index contributed by atoms with van der Waals surface area (Å²) in [5.74, 6) is 0. The summed E-state index contributed by atoms with van der Waals surface area (Å²) >= 11 is 0. The second-order valence-electron chi connectivity index (χ2n) is 8.67. The van der Waals surface area contributed by atoms with Crippen LogP contribution in [0.3, 0.4) is 0 Å². The second-order valence-corrected chi connectivity index (χ2v) is 8.67. The molecule has 0 bridgehead atoms. The van der Waals surface area contributed by atoms with E-state index in [9.17, 15) is 0 Å². The lowest BCUT2D eigenvalue weighted by molar-refractivity contribution is -0.923. The van der Waals surface area contributed by atoms with E-state index < -0.39 is 0 Å². The minimum Gasteiger partial charge on any atom is -0.324 e. The summed E-state index contributed by atoms with van der Waals surface area (Å²) in [7, 11) is 0. The zero-order valence-corrected chi connectivity index (χ0v) is 19.3. The monoisotopic (exact) mass is 368 g/mol. The van der Waals surface area contributed by atoms with Gasteiger partial charge in [-0.25, -0.2) is 0 Å². The highest BCUT2D eigenvalue weighted by Crippen LogP contribution is 2.15. The first-order valence-corrected chi connectivity index (χ1v) is 12.6. The summed E-state index contributed by atoms with van der Waals surface area (Å²) in [4.78, 5) is 0. The molecule has 0 saturated heterocycles. The van der Waals surface area contributed by atoms with Crippen LogP contribution in [-0.4, -0.2) is 30.7 Å². The molecule has 0 aliphatic carbocycles. The summed E-state index contributed by atoms with van der Waals surface area (Å²) in [6, 6.07) is 0. The lowest BCUT2D eigenvalue weighted by atomic mass is 10.0. The van der Waals surface area contributed by atoms with E-state index in [4.69, 9.17) is 0 Å². The molecule has 0 aromatic heterocycles. The van der Waals surface area contributed by atoms with Gasteiger partial charge in [0, 0.05) is 0 Å². The molecule has 0 radical (unpaired) electrons. The third kappa shape index (κ3) is 15.1. The molecule has 0 aliphatic rings. The molecule has 0 aliphatic heterocycles. The second kappa shape index (κ2) is 19.7. The van der Waals surface area contributed by atoms with Crippen molar-refractivity contribution in [2.45, 2.75) is 137 Å². The molecule has 158 valence electrons. The van der Waals surface area contributed by atoms with Crippen LogP contribution in [0.15, 0.2) is 0 Å². The molecule has 1 heteroatoms. The van der Waals surface area contributed by atoms with Gasteiger partial charge < -0.3 is 4.48 Å². The quantitative estimate of drug-likeness (QED) is 0.141. The molecule has 0 fully saturated rings. The Labute approximate surface area is 167 Å². The SMILES string of the molecule is CCCCCCCCCCCCCCCCCCC[N+](CC)(CC)CC. The van der Waals surface area contributed by atoms with Gasteiger partial charge in [-0.2, -0.15) is 0 Å². The summed E-state index contributed by atoms with van der Waals surface area (Å²) in [6.45, 7) is 14.7. The van der Waals surface area contributed by atoms with Crippen molar-refractivity contribution < 1.29 is 4.48 Å². The van der Waals surface area contributed by atoms with Crippen LogP contribution in [0.5, 0.6) is 0 Å². The Morgan fingerprint density at radius 3 is 0.885 bits per heavy atom. The number of hydrogen-bond donors (Lipinski definition) is 0. The predicted octanol–water partition coefficient (Wildman–Crippen LogP) is 8.51. The van der Waals surface area contributed by atoms with Crippen LogP contribution in [-0.2, 0) is 0 Å². The lowest BCUT2D eigenvalue weighted by Gasteiger charge is -2.35. The normalized spacial score (nSPS) is 12.0. The van der Waals surface area contributed by atoms with Gasteiger partial charge in [-0.05, 0) is 33.6 Å². The average molecular weight is 369 g/mol. The maximum Gasteiger partial charge on any atom is 0.0786 e. The number of nitrogens with zero attached hydrogens (tertiary/aromatic N) is 1. The van der Waals surface area contributed by atoms with E-state index >= 15 is 0 Å². The van der Waals surface area contributed by atoms with Gasteiger partial charge in [-0.3, -0.25) is 0 Å². The predicted molar refractivity (Wildman–Crippen MR) is 121 cm³/mol. The standard InChI is InChI=1S/C25H54N/c1-5-9-10-11-12-13-14-15-16-17-18-19-20-21-22-23-24-25-26(6-2,7-3)8-4/h5-25H2,1-4H3/q+1. The fourth-order valence-corrected chi connectivity index (χ4v) is 4.32. The Morgan fingerprint density at radius 2 is 0.615 bits per heavy atom. The van der Waals surface area contributed by atoms with Gasteiger partial charge in [0.2, 0.25) is 0 Å². The van der Waals surface area contributed by atoms with Gasteiger partial charge in [0.15, 0.2) is 0 Å². The first kappa shape index (κ1) is 26.0. The van der Waals surface area contributed by atoms with Gasteiger partial charge in [0.05, 0.1) is 26.2 Å². The van der Waals surface area contributed by atoms with Gasteiger partial charge in [-0.15, -0.1) is 0 Å². The first-order valence-electron chi connectivity index (χ1n) is 12.6. The van der Waals surface area contributed by atoms with Crippen molar-refractivity contribution in [2.75, 3.05) is 26.2 Å². The fraction of sp³-hybridized carbons (Fsp3) is 1.00. The van der Waals surface area contributed by atoms with Crippen LogP contribution < -0.4 is 0 Å². The smallest absolute Gasteiger partial charge is 0.0786 e. The van der Waals surface area contributed by atoms with E-state index in [0.717, 1.165) is 0 Å². The number of quaternary nitrogens is 1. The van der Waals surface area contributed by atoms with Crippen LogP contribution in [0, 0.1) is 0 Å². The Morgan fingerprint density at radius 1 is 0.346 bits per heavy atom. The summed E-state index contributed by atoms with van der Waals surface area (Å²) in [5.41, 5.74) is 0. The number of unbranched alkanes of at least 4 members (excludes halogenated alkanes) is 16. The molecule has 0 saturated carbocycles. The van der Waals surface area contributed by atoms with Crippen molar-refractivity contribution >= 4 is 0 Å². The molecule has 0 aromatic carbocycles. The van der Waals surface area contributed by atoms with E-state index in [0.29, 0.717) is 0 Å². The molecule has 1 nitrogen and oxygen atoms in total. The molecule has 0 amide bonds. The highest BCUT2D eigenvalue weighted by molar-refractivity contribution is 4.50. The molecule has 0 N–H and O–H groups in total. The van der Waals surface area contributed by atoms with E-state index in [-0.39, 0.29) is 0 Å². The first-order chi connectivity index (χ1) is 12.7. The Kier molecular flexibility index (Phi) is 19.7. The summed E-state index contributed by atoms with van der Waals surface area (Å²) < 4.78 is 1.33. The minimum absolute atomic E-state index is 1.31. The number of hydrogen-bond acceptors (Lipinski definition) is 0. The Bertz CT molecular complexity index is 249. The largest absolute Gasteiger partial charge is 0.324 e.